The van der Waals surface area contributed by atoms with E-state index in [4.69, 9.17) is 34.4 Å². The van der Waals surface area contributed by atoms with Gasteiger partial charge in [0, 0.05) is 0 Å². The minimum atomic E-state index is -5.00. The number of rotatable bonds is 2. The van der Waals surface area contributed by atoms with Crippen LogP contribution in [-0.2, 0) is 18.2 Å². The number of phosphoric acid groups is 2. The second kappa shape index (κ2) is 21.9. The Labute approximate surface area is 229 Å². The Kier molecular flexibility index (Phi) is 46.2. The molecule has 0 rings (SSSR count). The van der Waals surface area contributed by atoms with Crippen molar-refractivity contribution in [2.45, 2.75) is 0 Å². The van der Waals surface area contributed by atoms with Gasteiger partial charge in [0.1, 0.15) is 0 Å². The van der Waals surface area contributed by atoms with Crippen LogP contribution in [0, 0.1) is 0 Å². The number of hydrogen-bond acceptors (Lipinski definition) is 6. The summed E-state index contributed by atoms with van der Waals surface area (Å²) in [5, 5.41) is 15.5. The zero-order chi connectivity index (χ0) is 13.6. The van der Waals surface area contributed by atoms with Gasteiger partial charge in [-0.1, -0.05) is 0 Å². The standard InChI is InChI=1S/C2H3O8P.5Na.H3O4P.5H/c3-1(4)9-11(7,8)10-2(5)6;;;;;;1-5(2,3)4;;;;;/h(H,3,4)(H,5,6)(H,7,8);;;;;;(H3,1,2,3,4);;;;;. The molecule has 0 fully saturated rings. The average Bonchev–Trinajstić information content (AvgIpc) is 1.72. The van der Waals surface area contributed by atoms with Crippen LogP contribution >= 0.6 is 15.6 Å². The van der Waals surface area contributed by atoms with E-state index < -0.39 is 28.0 Å². The quantitative estimate of drug-likeness (QED) is 0.194. The fraction of sp³-hybridized carbons (Fsp3) is 0. The van der Waals surface area contributed by atoms with E-state index in [-0.39, 0.29) is 148 Å². The summed E-state index contributed by atoms with van der Waals surface area (Å²) in [6, 6.07) is 0. The zero-order valence-corrected chi connectivity index (χ0v) is 8.82. The van der Waals surface area contributed by atoms with E-state index >= 15 is 0 Å². The molecule has 0 bridgehead atoms. The summed E-state index contributed by atoms with van der Waals surface area (Å²) >= 11 is 0. The van der Waals surface area contributed by atoms with Gasteiger partial charge in [0.25, 0.3) is 0 Å². The third kappa shape index (κ3) is 59.4. The van der Waals surface area contributed by atoms with Crippen LogP contribution < -0.4 is 0 Å². The summed E-state index contributed by atoms with van der Waals surface area (Å²) in [6.07, 6.45) is -4.20. The van der Waals surface area contributed by atoms with Crippen LogP contribution in [0.4, 0.5) is 9.59 Å². The van der Waals surface area contributed by atoms with Gasteiger partial charge >= 0.3 is 176 Å². The number of carbonyl (C=O) groups is 2. The van der Waals surface area contributed by atoms with Crippen LogP contribution in [0.15, 0.2) is 0 Å². The Morgan fingerprint density at radius 1 is 0.667 bits per heavy atom. The first-order valence-electron chi connectivity index (χ1n) is 2.79. The normalized spacial score (nSPS) is 8.19. The van der Waals surface area contributed by atoms with Gasteiger partial charge in [0.2, 0.25) is 0 Å². The molecule has 0 heterocycles. The molecule has 0 atom stereocenters. The van der Waals surface area contributed by atoms with E-state index in [0.29, 0.717) is 0 Å². The fourth-order valence-electron chi connectivity index (χ4n) is 0.216. The fourth-order valence-corrected chi connectivity index (χ4v) is 0.648. The molecular weight excluding hydrogens is 393 g/mol. The van der Waals surface area contributed by atoms with Crippen molar-refractivity contribution in [1.82, 2.24) is 0 Å². The molecule has 0 saturated heterocycles. The average molecular weight is 404 g/mol. The van der Waals surface area contributed by atoms with Crippen molar-refractivity contribution in [3.05, 3.63) is 0 Å². The van der Waals surface area contributed by atoms with Crippen molar-refractivity contribution in [2.24, 2.45) is 0 Å². The van der Waals surface area contributed by atoms with E-state index in [0.717, 1.165) is 0 Å². The minimum absolute atomic E-state index is 0. The summed E-state index contributed by atoms with van der Waals surface area (Å²) in [5.74, 6) is 0. The molecular formula is C2H11Na5O12P2. The molecule has 0 aromatic carbocycles. The monoisotopic (exact) mass is 404 g/mol. The van der Waals surface area contributed by atoms with Crippen LogP contribution in [0.25, 0.3) is 0 Å². The Morgan fingerprint density at radius 2 is 0.810 bits per heavy atom. The van der Waals surface area contributed by atoms with Crippen LogP contribution in [-0.4, -0.2) is 190 Å². The van der Waals surface area contributed by atoms with Crippen molar-refractivity contribution >= 4 is 176 Å². The van der Waals surface area contributed by atoms with Gasteiger partial charge in [0.15, 0.2) is 0 Å². The predicted molar refractivity (Wildman–Crippen MR) is 78.1 cm³/mol. The van der Waals surface area contributed by atoms with Gasteiger partial charge in [-0.15, -0.1) is 0 Å². The predicted octanol–water partition coefficient (Wildman–Crippen LogP) is -3.70. The molecule has 0 aliphatic rings. The summed E-state index contributed by atoms with van der Waals surface area (Å²) in [7, 11) is -9.64. The summed E-state index contributed by atoms with van der Waals surface area (Å²) in [5.41, 5.74) is 0. The van der Waals surface area contributed by atoms with E-state index in [1.807, 2.05) is 0 Å². The topological polar surface area (TPSA) is 208 Å². The molecule has 0 amide bonds. The summed E-state index contributed by atoms with van der Waals surface area (Å²) in [4.78, 5) is 48.9. The Hall–Kier alpha value is 3.84. The summed E-state index contributed by atoms with van der Waals surface area (Å²) in [6.45, 7) is 0. The maximum atomic E-state index is 10.2. The molecule has 0 aliphatic heterocycles. The van der Waals surface area contributed by atoms with E-state index in [9.17, 15) is 14.2 Å². The molecule has 0 aliphatic carbocycles. The van der Waals surface area contributed by atoms with Crippen LogP contribution in [0.5, 0.6) is 0 Å². The van der Waals surface area contributed by atoms with Gasteiger partial charge in [-0.2, -0.15) is 0 Å². The molecule has 106 valence electrons. The molecule has 19 heteroatoms. The molecule has 0 aromatic rings. The number of hydrogen-bond donors (Lipinski definition) is 6. The summed E-state index contributed by atoms with van der Waals surface area (Å²) < 4.78 is 25.4. The second-order valence-electron chi connectivity index (χ2n) is 1.70. The molecule has 0 spiro atoms. The van der Waals surface area contributed by atoms with E-state index in [2.05, 4.69) is 9.05 Å². The van der Waals surface area contributed by atoms with Crippen LogP contribution in [0.1, 0.15) is 0 Å². The van der Waals surface area contributed by atoms with Crippen molar-refractivity contribution in [1.29, 1.82) is 0 Å². The van der Waals surface area contributed by atoms with Crippen molar-refractivity contribution in [3.8, 4) is 0 Å². The second-order valence-corrected chi connectivity index (χ2v) is 4.03. The van der Waals surface area contributed by atoms with Gasteiger partial charge in [-0.25, -0.2) is 18.7 Å². The number of carboxylic acid groups (broad SMARTS) is 2. The molecule has 6 N–H and O–H groups in total. The Bertz CT molecular complexity index is 325. The van der Waals surface area contributed by atoms with Crippen molar-refractivity contribution < 1.29 is 57.6 Å². The third-order valence-corrected chi connectivity index (χ3v) is 1.16. The molecule has 0 saturated carbocycles. The van der Waals surface area contributed by atoms with Gasteiger partial charge in [0.05, 0.1) is 0 Å². The first-order chi connectivity index (χ1) is 6.83. The molecule has 0 unspecified atom stereocenters. The van der Waals surface area contributed by atoms with Crippen LogP contribution in [0.3, 0.4) is 0 Å². The van der Waals surface area contributed by atoms with Gasteiger partial charge in [-0.05, 0) is 0 Å². The molecule has 0 aromatic heterocycles. The molecule has 12 nitrogen and oxygen atoms in total. The maximum absolute atomic E-state index is 10.2. The Morgan fingerprint density at radius 3 is 0.905 bits per heavy atom. The first-order valence-corrected chi connectivity index (χ1v) is 5.85. The van der Waals surface area contributed by atoms with Crippen molar-refractivity contribution in [3.63, 3.8) is 0 Å². The van der Waals surface area contributed by atoms with E-state index in [1.54, 1.807) is 0 Å². The SMILES string of the molecule is O=C(O)OP(=O)(O)OC(=O)O.O=P(O)(O)O.[NaH].[NaH].[NaH].[NaH].[NaH]. The van der Waals surface area contributed by atoms with Gasteiger partial charge < -0.3 is 33.9 Å². The van der Waals surface area contributed by atoms with Crippen LogP contribution in [0.2, 0.25) is 0 Å². The molecule has 21 heavy (non-hydrogen) atoms. The van der Waals surface area contributed by atoms with Crippen molar-refractivity contribution in [2.75, 3.05) is 0 Å². The Balaban J connectivity index is -0.0000000350. The van der Waals surface area contributed by atoms with Gasteiger partial charge in [-0.3, -0.25) is 4.89 Å². The third-order valence-electron chi connectivity index (χ3n) is 0.387. The zero-order valence-electron chi connectivity index (χ0n) is 7.03. The van der Waals surface area contributed by atoms with E-state index in [1.165, 1.54) is 0 Å². The first kappa shape index (κ1) is 44.4. The molecule has 0 radical (unpaired) electrons. The number of phosphoric ester groups is 1.